The normalized spacial score (nSPS) is 15.5. The van der Waals surface area contributed by atoms with Gasteiger partial charge in [-0.25, -0.2) is 13.1 Å². The minimum absolute atomic E-state index is 0.0114. The first kappa shape index (κ1) is 16.4. The first-order chi connectivity index (χ1) is 8.64. The topological polar surface area (TPSA) is 69.6 Å². The molecule has 0 saturated carbocycles. The Hall–Kier alpha value is -0.660. The Labute approximate surface area is 119 Å². The molecule has 0 aliphatic heterocycles. The lowest BCUT2D eigenvalue weighted by molar-refractivity contribution is 0.0386. The van der Waals surface area contributed by atoms with Gasteiger partial charge in [-0.3, -0.25) is 0 Å². The lowest BCUT2D eigenvalue weighted by Gasteiger charge is -2.27. The molecule has 0 amide bonds. The van der Waals surface area contributed by atoms with Crippen molar-refractivity contribution in [3.8, 4) is 0 Å². The number of hydrogen-bond donors (Lipinski definition) is 2. The van der Waals surface area contributed by atoms with Gasteiger partial charge in [0.1, 0.15) is 4.90 Å². The van der Waals surface area contributed by atoms with Crippen molar-refractivity contribution >= 4 is 21.6 Å². The lowest BCUT2D eigenvalue weighted by atomic mass is 10.1. The van der Waals surface area contributed by atoms with Crippen LogP contribution in [0.2, 0.25) is 5.02 Å². The van der Waals surface area contributed by atoms with Crippen LogP contribution in [0.25, 0.3) is 0 Å². The summed E-state index contributed by atoms with van der Waals surface area (Å²) < 4.78 is 26.5. The van der Waals surface area contributed by atoms with E-state index in [2.05, 4.69) is 4.72 Å². The van der Waals surface area contributed by atoms with Crippen LogP contribution in [0.5, 0.6) is 0 Å². The number of hydrogen-bond acceptors (Lipinski definition) is 4. The van der Waals surface area contributed by atoms with Crippen LogP contribution in [-0.2, 0) is 10.0 Å². The summed E-state index contributed by atoms with van der Waals surface area (Å²) in [6.07, 6.45) is 0. The Kier molecular flexibility index (Phi) is 5.34. The van der Waals surface area contributed by atoms with E-state index in [0.29, 0.717) is 6.54 Å². The lowest BCUT2D eigenvalue weighted by Crippen LogP contribution is -2.47. The summed E-state index contributed by atoms with van der Waals surface area (Å²) in [4.78, 5) is 1.79. The van der Waals surface area contributed by atoms with E-state index in [1.54, 1.807) is 38.1 Å². The molecule has 0 heterocycles. The van der Waals surface area contributed by atoms with Gasteiger partial charge < -0.3 is 10.0 Å². The van der Waals surface area contributed by atoms with Crippen LogP contribution in [0.1, 0.15) is 6.92 Å². The highest BCUT2D eigenvalue weighted by Crippen LogP contribution is 2.20. The number of halogens is 1. The second kappa shape index (κ2) is 6.19. The fourth-order valence-corrected chi connectivity index (χ4v) is 3.41. The van der Waals surface area contributed by atoms with Gasteiger partial charge in [0, 0.05) is 13.1 Å². The van der Waals surface area contributed by atoms with E-state index in [0.717, 1.165) is 0 Å². The fourth-order valence-electron chi connectivity index (χ4n) is 1.73. The quantitative estimate of drug-likeness (QED) is 0.820. The van der Waals surface area contributed by atoms with E-state index in [1.807, 2.05) is 0 Å². The number of benzene rings is 1. The van der Waals surface area contributed by atoms with E-state index >= 15 is 0 Å². The zero-order valence-corrected chi connectivity index (χ0v) is 12.8. The summed E-state index contributed by atoms with van der Waals surface area (Å²) in [5, 5.41) is 10.2. The maximum absolute atomic E-state index is 12.1. The van der Waals surface area contributed by atoms with Crippen LogP contribution < -0.4 is 4.72 Å². The van der Waals surface area contributed by atoms with E-state index in [1.165, 1.54) is 12.1 Å². The SMILES string of the molecule is CN(C)CC(C)(O)CNS(=O)(=O)c1ccccc1Cl. The molecular formula is C12H19ClN2O3S. The largest absolute Gasteiger partial charge is 0.387 e. The van der Waals surface area contributed by atoms with Crippen LogP contribution in [0, 0.1) is 0 Å². The number of likely N-dealkylation sites (N-methyl/N-ethyl adjacent to an activating group) is 1. The van der Waals surface area contributed by atoms with Crippen molar-refractivity contribution in [1.82, 2.24) is 9.62 Å². The molecule has 0 bridgehead atoms. The van der Waals surface area contributed by atoms with E-state index < -0.39 is 15.6 Å². The van der Waals surface area contributed by atoms with Crippen LogP contribution >= 0.6 is 11.6 Å². The molecule has 0 fully saturated rings. The average Bonchev–Trinajstić information content (AvgIpc) is 2.25. The molecule has 1 rings (SSSR count). The van der Waals surface area contributed by atoms with Crippen molar-refractivity contribution in [2.24, 2.45) is 0 Å². The predicted molar refractivity (Wildman–Crippen MR) is 75.8 cm³/mol. The minimum atomic E-state index is -3.72. The second-order valence-electron chi connectivity index (χ2n) is 4.99. The molecule has 1 unspecified atom stereocenters. The van der Waals surface area contributed by atoms with Crippen molar-refractivity contribution in [3.05, 3.63) is 29.3 Å². The first-order valence-electron chi connectivity index (χ1n) is 5.75. The summed E-state index contributed by atoms with van der Waals surface area (Å²) in [6, 6.07) is 6.18. The Bertz CT molecular complexity index is 530. The van der Waals surface area contributed by atoms with Gasteiger partial charge in [0.05, 0.1) is 10.6 Å². The fraction of sp³-hybridized carbons (Fsp3) is 0.500. The van der Waals surface area contributed by atoms with Gasteiger partial charge in [-0.15, -0.1) is 0 Å². The van der Waals surface area contributed by atoms with E-state index in [-0.39, 0.29) is 16.5 Å². The number of nitrogens with zero attached hydrogens (tertiary/aromatic N) is 1. The average molecular weight is 307 g/mol. The maximum atomic E-state index is 12.1. The molecule has 0 spiro atoms. The summed E-state index contributed by atoms with van der Waals surface area (Å²) in [5.41, 5.74) is -1.15. The number of nitrogens with one attached hydrogen (secondary N) is 1. The van der Waals surface area contributed by atoms with Crippen LogP contribution in [0.3, 0.4) is 0 Å². The highest BCUT2D eigenvalue weighted by Gasteiger charge is 2.25. The summed E-state index contributed by atoms with van der Waals surface area (Å²) in [6.45, 7) is 1.83. The summed E-state index contributed by atoms with van der Waals surface area (Å²) >= 11 is 5.85. The zero-order valence-electron chi connectivity index (χ0n) is 11.2. The van der Waals surface area contributed by atoms with Gasteiger partial charge in [-0.05, 0) is 33.2 Å². The molecule has 1 aromatic rings. The summed E-state index contributed by atoms with van der Waals surface area (Å²) in [7, 11) is -0.115. The third kappa shape index (κ3) is 5.08. The molecule has 2 N–H and O–H groups in total. The molecule has 0 saturated heterocycles. The van der Waals surface area contributed by atoms with Crippen molar-refractivity contribution in [3.63, 3.8) is 0 Å². The van der Waals surface area contributed by atoms with E-state index in [4.69, 9.17) is 11.6 Å². The third-order valence-electron chi connectivity index (χ3n) is 2.43. The zero-order chi connectivity index (χ0) is 14.7. The minimum Gasteiger partial charge on any atom is -0.387 e. The third-order valence-corrected chi connectivity index (χ3v) is 4.33. The smallest absolute Gasteiger partial charge is 0.242 e. The standard InChI is InChI=1S/C12H19ClN2O3S/c1-12(16,9-15(2)3)8-14-19(17,18)11-7-5-4-6-10(11)13/h4-7,14,16H,8-9H2,1-3H3. The van der Waals surface area contributed by atoms with Crippen LogP contribution in [0.15, 0.2) is 29.2 Å². The van der Waals surface area contributed by atoms with Crippen molar-refractivity contribution in [1.29, 1.82) is 0 Å². The van der Waals surface area contributed by atoms with Crippen LogP contribution in [0.4, 0.5) is 0 Å². The molecule has 0 radical (unpaired) electrons. The molecular weight excluding hydrogens is 288 g/mol. The summed E-state index contributed by atoms with van der Waals surface area (Å²) in [5.74, 6) is 0. The van der Waals surface area contributed by atoms with Crippen LogP contribution in [-0.4, -0.2) is 51.2 Å². The van der Waals surface area contributed by atoms with Gasteiger partial charge >= 0.3 is 0 Å². The second-order valence-corrected chi connectivity index (χ2v) is 7.13. The Morgan fingerprint density at radius 2 is 1.95 bits per heavy atom. The highest BCUT2D eigenvalue weighted by atomic mass is 35.5. The van der Waals surface area contributed by atoms with Crippen molar-refractivity contribution in [2.75, 3.05) is 27.2 Å². The molecule has 1 aromatic carbocycles. The number of sulfonamides is 1. The molecule has 0 aliphatic carbocycles. The molecule has 1 atom stereocenters. The maximum Gasteiger partial charge on any atom is 0.242 e. The van der Waals surface area contributed by atoms with Gasteiger partial charge in [0.2, 0.25) is 10.0 Å². The predicted octanol–water partition coefficient (Wildman–Crippen LogP) is 0.931. The van der Waals surface area contributed by atoms with E-state index in [9.17, 15) is 13.5 Å². The Balaban J connectivity index is 2.80. The first-order valence-corrected chi connectivity index (χ1v) is 7.61. The van der Waals surface area contributed by atoms with Gasteiger partial charge in [0.25, 0.3) is 0 Å². The monoisotopic (exact) mass is 306 g/mol. The van der Waals surface area contributed by atoms with Crippen molar-refractivity contribution in [2.45, 2.75) is 17.4 Å². The molecule has 7 heteroatoms. The van der Waals surface area contributed by atoms with Crippen molar-refractivity contribution < 1.29 is 13.5 Å². The number of aliphatic hydroxyl groups is 1. The molecule has 0 aliphatic rings. The number of rotatable bonds is 6. The Morgan fingerprint density at radius 3 is 2.47 bits per heavy atom. The van der Waals surface area contributed by atoms with Gasteiger partial charge in [-0.2, -0.15) is 0 Å². The van der Waals surface area contributed by atoms with Gasteiger partial charge in [0.15, 0.2) is 0 Å². The molecule has 0 aromatic heterocycles. The molecule has 5 nitrogen and oxygen atoms in total. The molecule has 19 heavy (non-hydrogen) atoms. The highest BCUT2D eigenvalue weighted by molar-refractivity contribution is 7.89. The van der Waals surface area contributed by atoms with Gasteiger partial charge in [-0.1, -0.05) is 23.7 Å². The molecule has 108 valence electrons. The Morgan fingerprint density at radius 1 is 1.37 bits per heavy atom.